The summed E-state index contributed by atoms with van der Waals surface area (Å²) in [4.78, 5) is 0. The molecule has 3 aromatic rings. The third-order valence-electron chi connectivity index (χ3n) is 8.44. The van der Waals surface area contributed by atoms with Crippen molar-refractivity contribution in [2.45, 2.75) is 24.2 Å². The van der Waals surface area contributed by atoms with E-state index in [1.807, 2.05) is 0 Å². The Morgan fingerprint density at radius 1 is 0.824 bits per heavy atom. The third-order valence-corrected chi connectivity index (χ3v) is 8.44. The molecule has 3 aromatic carbocycles. The van der Waals surface area contributed by atoms with E-state index in [2.05, 4.69) is 109 Å². The first-order valence-electron chi connectivity index (χ1n) is 12.3. The first-order valence-corrected chi connectivity index (χ1v) is 12.3. The van der Waals surface area contributed by atoms with Gasteiger partial charge in [-0.2, -0.15) is 0 Å². The van der Waals surface area contributed by atoms with Gasteiger partial charge in [-0.3, -0.25) is 0 Å². The van der Waals surface area contributed by atoms with Crippen LogP contribution >= 0.6 is 0 Å². The first kappa shape index (κ1) is 18.6. The van der Waals surface area contributed by atoms with Crippen LogP contribution in [0.15, 0.2) is 132 Å². The highest BCUT2D eigenvalue weighted by Gasteiger charge is 2.56. The van der Waals surface area contributed by atoms with Crippen molar-refractivity contribution in [3.05, 3.63) is 148 Å². The lowest BCUT2D eigenvalue weighted by Gasteiger charge is -2.45. The highest BCUT2D eigenvalue weighted by atomic mass is 16.5. The zero-order valence-electron chi connectivity index (χ0n) is 18.9. The van der Waals surface area contributed by atoms with E-state index in [1.165, 1.54) is 44.2 Å². The molecule has 1 heterocycles. The van der Waals surface area contributed by atoms with Crippen molar-refractivity contribution in [3.63, 3.8) is 0 Å². The maximum Gasteiger partial charge on any atom is 0.140 e. The van der Waals surface area contributed by atoms with Crippen LogP contribution in [0.2, 0.25) is 0 Å². The lowest BCUT2D eigenvalue weighted by atomic mass is 9.61. The Balaban J connectivity index is 1.56. The summed E-state index contributed by atoms with van der Waals surface area (Å²) in [6, 6.07) is 22.4. The Bertz CT molecular complexity index is 1590. The fourth-order valence-electron chi connectivity index (χ4n) is 7.07. The van der Waals surface area contributed by atoms with Crippen molar-refractivity contribution >= 4 is 10.8 Å². The van der Waals surface area contributed by atoms with Crippen LogP contribution in [0.25, 0.3) is 10.8 Å². The van der Waals surface area contributed by atoms with Gasteiger partial charge < -0.3 is 4.74 Å². The molecule has 162 valence electrons. The first-order chi connectivity index (χ1) is 16.9. The Morgan fingerprint density at radius 2 is 1.74 bits per heavy atom. The number of hydrogen-bond donors (Lipinski definition) is 0. The lowest BCUT2D eigenvalue weighted by Crippen LogP contribution is -2.38. The van der Waals surface area contributed by atoms with Crippen LogP contribution in [0.1, 0.15) is 35.4 Å². The van der Waals surface area contributed by atoms with E-state index in [-0.39, 0.29) is 5.41 Å². The summed E-state index contributed by atoms with van der Waals surface area (Å²) in [5, 5.41) is 2.41. The van der Waals surface area contributed by atoms with Gasteiger partial charge in [0.05, 0.1) is 5.41 Å². The summed E-state index contributed by atoms with van der Waals surface area (Å²) in [5.41, 5.74) is 8.00. The van der Waals surface area contributed by atoms with Crippen molar-refractivity contribution in [2.75, 3.05) is 0 Å². The SMILES string of the molecule is C1=CCC2C(=C1)C1(C3=CCC4C=CC=CC4=C3Oc3c1ccc1ccccc31)c1ccccc12. The Hall–Kier alpha value is -3.84. The van der Waals surface area contributed by atoms with Crippen LogP contribution in [0.4, 0.5) is 0 Å². The summed E-state index contributed by atoms with van der Waals surface area (Å²) in [7, 11) is 0. The molecule has 4 aliphatic carbocycles. The molecular formula is C33H24O. The molecule has 3 unspecified atom stereocenters. The number of fused-ring (bicyclic) bond motifs is 12. The molecule has 1 spiro atoms. The van der Waals surface area contributed by atoms with Crippen LogP contribution in [-0.2, 0) is 5.41 Å². The van der Waals surface area contributed by atoms with Gasteiger partial charge in [-0.1, -0.05) is 109 Å². The van der Waals surface area contributed by atoms with Gasteiger partial charge in [-0.25, -0.2) is 0 Å². The van der Waals surface area contributed by atoms with Gasteiger partial charge in [-0.15, -0.1) is 0 Å². The maximum absolute atomic E-state index is 6.98. The van der Waals surface area contributed by atoms with Gasteiger partial charge in [0.1, 0.15) is 11.5 Å². The molecule has 0 saturated carbocycles. The number of benzene rings is 3. The van der Waals surface area contributed by atoms with Crippen molar-refractivity contribution in [1.29, 1.82) is 0 Å². The molecule has 34 heavy (non-hydrogen) atoms. The molecule has 1 nitrogen and oxygen atoms in total. The molecule has 0 radical (unpaired) electrons. The monoisotopic (exact) mass is 436 g/mol. The van der Waals surface area contributed by atoms with Gasteiger partial charge in [-0.05, 0) is 34.9 Å². The van der Waals surface area contributed by atoms with E-state index in [9.17, 15) is 0 Å². The molecule has 0 N–H and O–H groups in total. The second-order valence-electron chi connectivity index (χ2n) is 9.93. The molecule has 0 fully saturated rings. The number of allylic oxidation sites excluding steroid dienone is 11. The predicted octanol–water partition coefficient (Wildman–Crippen LogP) is 7.83. The van der Waals surface area contributed by atoms with E-state index >= 15 is 0 Å². The molecule has 0 amide bonds. The topological polar surface area (TPSA) is 9.23 Å². The largest absolute Gasteiger partial charge is 0.456 e. The Labute approximate surface area is 199 Å². The summed E-state index contributed by atoms with van der Waals surface area (Å²) >= 11 is 0. The van der Waals surface area contributed by atoms with Gasteiger partial charge in [0.25, 0.3) is 0 Å². The minimum absolute atomic E-state index is 0.314. The minimum Gasteiger partial charge on any atom is -0.456 e. The molecule has 1 aliphatic heterocycles. The summed E-state index contributed by atoms with van der Waals surface area (Å²) in [6.45, 7) is 0. The molecular weight excluding hydrogens is 412 g/mol. The summed E-state index contributed by atoms with van der Waals surface area (Å²) in [6.07, 6.45) is 20.4. The summed E-state index contributed by atoms with van der Waals surface area (Å²) < 4.78 is 6.98. The van der Waals surface area contributed by atoms with E-state index in [0.29, 0.717) is 11.8 Å². The standard InChI is InChI=1S/C33H24O/c1-3-11-23-21(9-1)17-19-29-31(23)34-32-24-12-4-2-10-22(24)18-20-30(32)33(29)27-15-7-5-13-25(27)26-14-6-8-16-28(26)33/h1-13,15-17,19-20,22,26H,14,18H2. The average molecular weight is 437 g/mol. The minimum atomic E-state index is -0.314. The summed E-state index contributed by atoms with van der Waals surface area (Å²) in [5.74, 6) is 2.87. The highest BCUT2D eigenvalue weighted by molar-refractivity contribution is 5.93. The van der Waals surface area contributed by atoms with Crippen LogP contribution in [-0.4, -0.2) is 0 Å². The normalized spacial score (nSPS) is 27.4. The van der Waals surface area contributed by atoms with Gasteiger partial charge in [0.15, 0.2) is 0 Å². The molecule has 0 aromatic heterocycles. The van der Waals surface area contributed by atoms with Crippen molar-refractivity contribution < 1.29 is 4.74 Å². The molecule has 1 heteroatoms. The van der Waals surface area contributed by atoms with Gasteiger partial charge in [0.2, 0.25) is 0 Å². The second-order valence-corrected chi connectivity index (χ2v) is 9.93. The van der Waals surface area contributed by atoms with Crippen LogP contribution in [0, 0.1) is 5.92 Å². The molecule has 3 atom stereocenters. The van der Waals surface area contributed by atoms with E-state index in [0.717, 1.165) is 24.4 Å². The molecule has 8 rings (SSSR count). The zero-order chi connectivity index (χ0) is 22.3. The second kappa shape index (κ2) is 6.61. The number of rotatable bonds is 0. The quantitative estimate of drug-likeness (QED) is 0.349. The van der Waals surface area contributed by atoms with E-state index in [4.69, 9.17) is 4.74 Å². The van der Waals surface area contributed by atoms with Gasteiger partial charge >= 0.3 is 0 Å². The van der Waals surface area contributed by atoms with E-state index in [1.54, 1.807) is 0 Å². The lowest BCUT2D eigenvalue weighted by molar-refractivity contribution is 0.375. The smallest absolute Gasteiger partial charge is 0.140 e. The predicted molar refractivity (Wildman–Crippen MR) is 138 cm³/mol. The van der Waals surface area contributed by atoms with Crippen molar-refractivity contribution in [1.82, 2.24) is 0 Å². The zero-order valence-corrected chi connectivity index (χ0v) is 18.9. The Morgan fingerprint density at radius 3 is 2.74 bits per heavy atom. The number of hydrogen-bond acceptors (Lipinski definition) is 1. The van der Waals surface area contributed by atoms with Crippen LogP contribution in [0.3, 0.4) is 0 Å². The molecule has 5 aliphatic rings. The van der Waals surface area contributed by atoms with Gasteiger partial charge in [0, 0.05) is 33.9 Å². The Kier molecular flexibility index (Phi) is 3.61. The number of ether oxygens (including phenoxy) is 1. The fraction of sp³-hybridized carbons (Fsp3) is 0.152. The molecule has 0 saturated heterocycles. The van der Waals surface area contributed by atoms with Crippen LogP contribution < -0.4 is 4.74 Å². The van der Waals surface area contributed by atoms with Crippen LogP contribution in [0.5, 0.6) is 5.75 Å². The fourth-order valence-corrected chi connectivity index (χ4v) is 7.07. The average Bonchev–Trinajstić information content (AvgIpc) is 3.20. The van der Waals surface area contributed by atoms with Crippen molar-refractivity contribution in [3.8, 4) is 5.75 Å². The highest BCUT2D eigenvalue weighted by Crippen LogP contribution is 2.65. The molecule has 0 bridgehead atoms. The maximum atomic E-state index is 6.98. The third kappa shape index (κ3) is 2.16. The van der Waals surface area contributed by atoms with Crippen molar-refractivity contribution in [2.24, 2.45) is 5.92 Å². The van der Waals surface area contributed by atoms with E-state index < -0.39 is 0 Å².